The standard InChI is InChI=1S/C16H23ClN2O/c1-12-5-3-4-10-19(12)11-16(20)18-13(2)14-6-8-15(17)9-7-14/h6-9,12-13H,3-5,10-11H2,1-2H3,(H,18,20)/t12-,13-/m0/s1. The van der Waals surface area contributed by atoms with Gasteiger partial charge in [-0.05, 0) is 50.9 Å². The molecular formula is C16H23ClN2O. The maximum atomic E-state index is 12.1. The van der Waals surface area contributed by atoms with Gasteiger partial charge in [0.15, 0.2) is 0 Å². The van der Waals surface area contributed by atoms with E-state index in [2.05, 4.69) is 17.1 Å². The number of benzene rings is 1. The molecule has 2 atom stereocenters. The van der Waals surface area contributed by atoms with E-state index in [1.54, 1.807) is 0 Å². The minimum Gasteiger partial charge on any atom is -0.348 e. The fourth-order valence-electron chi connectivity index (χ4n) is 2.70. The zero-order valence-corrected chi connectivity index (χ0v) is 13.0. The molecule has 1 saturated heterocycles. The van der Waals surface area contributed by atoms with E-state index in [0.717, 1.165) is 17.1 Å². The number of amides is 1. The van der Waals surface area contributed by atoms with Crippen LogP contribution in [-0.4, -0.2) is 29.9 Å². The second kappa shape index (κ2) is 7.09. The molecule has 0 saturated carbocycles. The van der Waals surface area contributed by atoms with Gasteiger partial charge in [0, 0.05) is 11.1 Å². The highest BCUT2D eigenvalue weighted by molar-refractivity contribution is 6.30. The molecule has 0 spiro atoms. The monoisotopic (exact) mass is 294 g/mol. The Hall–Kier alpha value is -1.06. The molecule has 0 aromatic heterocycles. The normalized spacial score (nSPS) is 21.4. The number of nitrogens with zero attached hydrogens (tertiary/aromatic N) is 1. The molecule has 1 aromatic carbocycles. The summed E-state index contributed by atoms with van der Waals surface area (Å²) < 4.78 is 0. The summed E-state index contributed by atoms with van der Waals surface area (Å²) in [5.74, 6) is 0.0983. The Balaban J connectivity index is 1.85. The second-order valence-electron chi connectivity index (χ2n) is 5.66. The number of carbonyl (C=O) groups is 1. The van der Waals surface area contributed by atoms with Gasteiger partial charge in [-0.2, -0.15) is 0 Å². The molecular weight excluding hydrogens is 272 g/mol. The SMILES string of the molecule is C[C@H](NC(=O)CN1CCCC[C@@H]1C)c1ccc(Cl)cc1. The molecule has 1 aromatic rings. The number of likely N-dealkylation sites (tertiary alicyclic amines) is 1. The second-order valence-corrected chi connectivity index (χ2v) is 6.09. The smallest absolute Gasteiger partial charge is 0.234 e. The first-order valence-electron chi connectivity index (χ1n) is 7.35. The summed E-state index contributed by atoms with van der Waals surface area (Å²) in [5, 5.41) is 3.78. The van der Waals surface area contributed by atoms with Crippen molar-refractivity contribution in [3.63, 3.8) is 0 Å². The highest BCUT2D eigenvalue weighted by Crippen LogP contribution is 2.17. The Labute approximate surface area is 126 Å². The molecule has 0 unspecified atom stereocenters. The molecule has 1 amide bonds. The maximum absolute atomic E-state index is 12.1. The van der Waals surface area contributed by atoms with E-state index in [9.17, 15) is 4.79 Å². The summed E-state index contributed by atoms with van der Waals surface area (Å²) in [4.78, 5) is 14.4. The zero-order chi connectivity index (χ0) is 14.5. The number of carbonyl (C=O) groups excluding carboxylic acids is 1. The predicted molar refractivity (Wildman–Crippen MR) is 82.9 cm³/mol. The van der Waals surface area contributed by atoms with E-state index < -0.39 is 0 Å². The van der Waals surface area contributed by atoms with E-state index in [1.165, 1.54) is 19.3 Å². The third-order valence-electron chi connectivity index (χ3n) is 4.03. The third-order valence-corrected chi connectivity index (χ3v) is 4.29. The maximum Gasteiger partial charge on any atom is 0.234 e. The van der Waals surface area contributed by atoms with Crippen LogP contribution in [0.2, 0.25) is 5.02 Å². The molecule has 1 aliphatic rings. The van der Waals surface area contributed by atoms with Crippen LogP contribution >= 0.6 is 11.6 Å². The first kappa shape index (κ1) is 15.3. The van der Waals surface area contributed by atoms with E-state index in [1.807, 2.05) is 31.2 Å². The first-order valence-corrected chi connectivity index (χ1v) is 7.73. The minimum absolute atomic E-state index is 0.0138. The van der Waals surface area contributed by atoms with Crippen molar-refractivity contribution < 1.29 is 4.79 Å². The lowest BCUT2D eigenvalue weighted by atomic mass is 10.0. The highest BCUT2D eigenvalue weighted by Gasteiger charge is 2.21. The van der Waals surface area contributed by atoms with E-state index in [0.29, 0.717) is 12.6 Å². The van der Waals surface area contributed by atoms with E-state index >= 15 is 0 Å². The fourth-order valence-corrected chi connectivity index (χ4v) is 2.82. The van der Waals surface area contributed by atoms with Crippen molar-refractivity contribution in [2.75, 3.05) is 13.1 Å². The van der Waals surface area contributed by atoms with Crippen LogP contribution in [0.15, 0.2) is 24.3 Å². The van der Waals surface area contributed by atoms with Crippen molar-refractivity contribution in [2.24, 2.45) is 0 Å². The van der Waals surface area contributed by atoms with Crippen LogP contribution in [0.5, 0.6) is 0 Å². The highest BCUT2D eigenvalue weighted by atomic mass is 35.5. The van der Waals surface area contributed by atoms with Gasteiger partial charge in [-0.25, -0.2) is 0 Å². The van der Waals surface area contributed by atoms with Crippen LogP contribution in [0.1, 0.15) is 44.7 Å². The number of hydrogen-bond acceptors (Lipinski definition) is 2. The molecule has 0 radical (unpaired) electrons. The minimum atomic E-state index is 0.0138. The molecule has 2 rings (SSSR count). The van der Waals surface area contributed by atoms with Crippen molar-refractivity contribution in [3.8, 4) is 0 Å². The number of piperidine rings is 1. The van der Waals surface area contributed by atoms with Crippen LogP contribution in [0.3, 0.4) is 0 Å². The van der Waals surface area contributed by atoms with Crippen molar-refractivity contribution in [1.82, 2.24) is 10.2 Å². The Morgan fingerprint density at radius 3 is 2.75 bits per heavy atom. The van der Waals surface area contributed by atoms with Crippen LogP contribution in [-0.2, 0) is 4.79 Å². The van der Waals surface area contributed by atoms with Crippen LogP contribution in [0.25, 0.3) is 0 Å². The summed E-state index contributed by atoms with van der Waals surface area (Å²) >= 11 is 5.87. The van der Waals surface area contributed by atoms with Gasteiger partial charge < -0.3 is 5.32 Å². The molecule has 20 heavy (non-hydrogen) atoms. The summed E-state index contributed by atoms with van der Waals surface area (Å²) in [7, 11) is 0. The van der Waals surface area contributed by atoms with Crippen LogP contribution in [0.4, 0.5) is 0 Å². The topological polar surface area (TPSA) is 32.3 Å². The van der Waals surface area contributed by atoms with Crippen molar-refractivity contribution in [3.05, 3.63) is 34.9 Å². The van der Waals surface area contributed by atoms with Gasteiger partial charge in [0.1, 0.15) is 0 Å². The van der Waals surface area contributed by atoms with Gasteiger partial charge in [0.05, 0.1) is 12.6 Å². The molecule has 0 aliphatic carbocycles. The van der Waals surface area contributed by atoms with Gasteiger partial charge in [0.25, 0.3) is 0 Å². The summed E-state index contributed by atoms with van der Waals surface area (Å²) in [6.07, 6.45) is 3.67. The lowest BCUT2D eigenvalue weighted by Crippen LogP contribution is -2.44. The number of halogens is 1. The van der Waals surface area contributed by atoms with Gasteiger partial charge in [-0.3, -0.25) is 9.69 Å². The van der Waals surface area contributed by atoms with Crippen LogP contribution in [0, 0.1) is 0 Å². The molecule has 4 heteroatoms. The Morgan fingerprint density at radius 2 is 2.10 bits per heavy atom. The molecule has 1 aliphatic heterocycles. The van der Waals surface area contributed by atoms with Crippen molar-refractivity contribution >= 4 is 17.5 Å². The third kappa shape index (κ3) is 4.22. The van der Waals surface area contributed by atoms with Gasteiger partial charge in [-0.1, -0.05) is 30.2 Å². The largest absolute Gasteiger partial charge is 0.348 e. The Kier molecular flexibility index (Phi) is 5.44. The summed E-state index contributed by atoms with van der Waals surface area (Å²) in [5.41, 5.74) is 1.08. The molecule has 1 N–H and O–H groups in total. The molecule has 1 fully saturated rings. The van der Waals surface area contributed by atoms with Crippen molar-refractivity contribution in [2.45, 2.75) is 45.2 Å². The van der Waals surface area contributed by atoms with Crippen molar-refractivity contribution in [1.29, 1.82) is 0 Å². The predicted octanol–water partition coefficient (Wildman–Crippen LogP) is 3.39. The number of nitrogens with one attached hydrogen (secondary N) is 1. The number of hydrogen-bond donors (Lipinski definition) is 1. The summed E-state index contributed by atoms with van der Waals surface area (Å²) in [6, 6.07) is 8.15. The zero-order valence-electron chi connectivity index (χ0n) is 12.2. The van der Waals surface area contributed by atoms with Gasteiger partial charge in [0.2, 0.25) is 5.91 Å². The molecule has 110 valence electrons. The van der Waals surface area contributed by atoms with E-state index in [-0.39, 0.29) is 11.9 Å². The van der Waals surface area contributed by atoms with Crippen LogP contribution < -0.4 is 5.32 Å². The van der Waals surface area contributed by atoms with E-state index in [4.69, 9.17) is 11.6 Å². The molecule has 1 heterocycles. The average Bonchev–Trinajstić information content (AvgIpc) is 2.42. The van der Waals surface area contributed by atoms with Gasteiger partial charge in [-0.15, -0.1) is 0 Å². The number of rotatable bonds is 4. The lowest BCUT2D eigenvalue weighted by molar-refractivity contribution is -0.123. The quantitative estimate of drug-likeness (QED) is 0.923. The fraction of sp³-hybridized carbons (Fsp3) is 0.562. The first-order chi connectivity index (χ1) is 9.56. The Bertz CT molecular complexity index is 446. The van der Waals surface area contributed by atoms with Gasteiger partial charge >= 0.3 is 0 Å². The summed E-state index contributed by atoms with van der Waals surface area (Å²) in [6.45, 7) is 5.73. The molecule has 0 bridgehead atoms. The Morgan fingerprint density at radius 1 is 1.40 bits per heavy atom. The average molecular weight is 295 g/mol. The lowest BCUT2D eigenvalue weighted by Gasteiger charge is -2.32. The molecule has 3 nitrogen and oxygen atoms in total.